The zero-order valence-corrected chi connectivity index (χ0v) is 15.9. The molecule has 1 heterocycles. The van der Waals surface area contributed by atoms with Gasteiger partial charge >= 0.3 is 0 Å². The minimum absolute atomic E-state index is 0.0304. The van der Waals surface area contributed by atoms with Crippen LogP contribution in [0.5, 0.6) is 0 Å². The van der Waals surface area contributed by atoms with Crippen molar-refractivity contribution in [3.05, 3.63) is 58.6 Å². The van der Waals surface area contributed by atoms with Crippen LogP contribution in [0.15, 0.2) is 42.5 Å². The van der Waals surface area contributed by atoms with Crippen LogP contribution < -0.4 is 10.2 Å². The number of hydrogen-bond donors (Lipinski definition) is 2. The van der Waals surface area contributed by atoms with Crippen molar-refractivity contribution in [2.24, 2.45) is 0 Å². The number of para-hydroxylation sites is 2. The van der Waals surface area contributed by atoms with Crippen molar-refractivity contribution >= 4 is 33.1 Å². The summed E-state index contributed by atoms with van der Waals surface area (Å²) < 4.78 is 1.19. The van der Waals surface area contributed by atoms with Crippen LogP contribution in [0.1, 0.15) is 29.1 Å². The molecule has 0 saturated heterocycles. The van der Waals surface area contributed by atoms with Crippen molar-refractivity contribution in [2.45, 2.75) is 26.8 Å². The fourth-order valence-electron chi connectivity index (χ4n) is 2.89. The molecule has 4 nitrogen and oxygen atoms in total. The van der Waals surface area contributed by atoms with Crippen LogP contribution in [0.4, 0.5) is 5.69 Å². The quantitative estimate of drug-likeness (QED) is 0.739. The van der Waals surface area contributed by atoms with Gasteiger partial charge in [-0.2, -0.15) is 0 Å². The zero-order chi connectivity index (χ0) is 18.0. The molecule has 0 aliphatic heterocycles. The normalized spacial score (nSPS) is 13.6. The van der Waals surface area contributed by atoms with E-state index in [1.807, 2.05) is 57.3 Å². The molecule has 0 aliphatic rings. The number of benzene rings is 2. The van der Waals surface area contributed by atoms with Gasteiger partial charge in [-0.1, -0.05) is 30.3 Å². The molecule has 0 bridgehead atoms. The Labute approximate surface area is 152 Å². The van der Waals surface area contributed by atoms with E-state index in [0.29, 0.717) is 6.54 Å². The number of rotatable bonds is 5. The average Bonchev–Trinajstić information content (AvgIpc) is 3.01. The molecule has 0 fully saturated rings. The number of nitrogens with zero attached hydrogens (tertiary/aromatic N) is 1. The molecule has 1 aromatic heterocycles. The monoisotopic (exact) mass is 354 g/mol. The molecule has 3 rings (SSSR count). The van der Waals surface area contributed by atoms with E-state index in [2.05, 4.69) is 18.3 Å². The third kappa shape index (κ3) is 3.89. The molecular weight excluding hydrogens is 330 g/mol. The third-order valence-electron chi connectivity index (χ3n) is 4.60. The van der Waals surface area contributed by atoms with Gasteiger partial charge in [0.15, 0.2) is 11.6 Å². The lowest BCUT2D eigenvalue weighted by Crippen LogP contribution is -3.10. The van der Waals surface area contributed by atoms with Crippen molar-refractivity contribution in [3.63, 3.8) is 0 Å². The molecule has 2 aromatic carbocycles. The number of anilines is 1. The lowest BCUT2D eigenvalue weighted by atomic mass is 10.1. The van der Waals surface area contributed by atoms with E-state index in [-0.39, 0.29) is 11.9 Å². The van der Waals surface area contributed by atoms with Crippen molar-refractivity contribution in [3.8, 4) is 0 Å². The van der Waals surface area contributed by atoms with E-state index in [1.165, 1.54) is 4.70 Å². The summed E-state index contributed by atoms with van der Waals surface area (Å²) in [6.45, 7) is 6.57. The summed E-state index contributed by atoms with van der Waals surface area (Å²) in [4.78, 5) is 18.3. The fourth-order valence-corrected chi connectivity index (χ4v) is 4.00. The summed E-state index contributed by atoms with van der Waals surface area (Å²) in [6, 6.07) is 14.4. The molecule has 25 heavy (non-hydrogen) atoms. The van der Waals surface area contributed by atoms with Crippen molar-refractivity contribution in [2.75, 3.05) is 18.9 Å². The Morgan fingerprint density at radius 1 is 1.16 bits per heavy atom. The predicted molar refractivity (Wildman–Crippen MR) is 104 cm³/mol. The van der Waals surface area contributed by atoms with Crippen molar-refractivity contribution in [1.29, 1.82) is 0 Å². The maximum Gasteiger partial charge on any atom is 0.279 e. The first kappa shape index (κ1) is 17.6. The van der Waals surface area contributed by atoms with Crippen molar-refractivity contribution in [1.82, 2.24) is 4.98 Å². The van der Waals surface area contributed by atoms with Gasteiger partial charge < -0.3 is 10.2 Å². The molecule has 2 N–H and O–H groups in total. The third-order valence-corrected chi connectivity index (χ3v) is 5.82. The van der Waals surface area contributed by atoms with Crippen LogP contribution in [0.3, 0.4) is 0 Å². The first-order valence-electron chi connectivity index (χ1n) is 8.49. The molecule has 1 amide bonds. The van der Waals surface area contributed by atoms with Gasteiger partial charge in [-0.05, 0) is 44.0 Å². The summed E-state index contributed by atoms with van der Waals surface area (Å²) in [5.41, 5.74) is 4.13. The molecule has 0 spiro atoms. The zero-order valence-electron chi connectivity index (χ0n) is 15.1. The van der Waals surface area contributed by atoms with Gasteiger partial charge in [-0.3, -0.25) is 4.79 Å². The molecule has 130 valence electrons. The first-order chi connectivity index (χ1) is 12.0. The van der Waals surface area contributed by atoms with Crippen LogP contribution in [0.25, 0.3) is 10.2 Å². The number of fused-ring (bicyclic) bond motifs is 1. The van der Waals surface area contributed by atoms with Gasteiger partial charge in [0.1, 0.15) is 6.04 Å². The average molecular weight is 354 g/mol. The topological polar surface area (TPSA) is 46.4 Å². The highest BCUT2D eigenvalue weighted by atomic mass is 32.1. The van der Waals surface area contributed by atoms with E-state index in [9.17, 15) is 4.79 Å². The highest BCUT2D eigenvalue weighted by Crippen LogP contribution is 2.24. The number of aryl methyl sites for hydroxylation is 2. The van der Waals surface area contributed by atoms with Crippen LogP contribution in [0.2, 0.25) is 0 Å². The number of hydrogen-bond acceptors (Lipinski definition) is 3. The Kier molecular flexibility index (Phi) is 5.16. The van der Waals surface area contributed by atoms with E-state index in [4.69, 9.17) is 4.98 Å². The molecule has 0 saturated carbocycles. The van der Waals surface area contributed by atoms with E-state index in [0.717, 1.165) is 32.2 Å². The highest BCUT2D eigenvalue weighted by molar-refractivity contribution is 7.18. The number of carbonyl (C=O) groups excluding carboxylic acids is 1. The summed E-state index contributed by atoms with van der Waals surface area (Å²) in [6.07, 6.45) is 0. The number of quaternary nitrogens is 1. The highest BCUT2D eigenvalue weighted by Gasteiger charge is 2.22. The van der Waals surface area contributed by atoms with Gasteiger partial charge in [-0.25, -0.2) is 4.98 Å². The first-order valence-corrected chi connectivity index (χ1v) is 9.31. The summed E-state index contributed by atoms with van der Waals surface area (Å²) in [7, 11) is 2.04. The Balaban J connectivity index is 1.68. The van der Waals surface area contributed by atoms with E-state index < -0.39 is 0 Å². The Bertz CT molecular complexity index is 850. The van der Waals surface area contributed by atoms with Crippen LogP contribution in [-0.2, 0) is 4.79 Å². The standard InChI is InChI=1S/C20H23N3OS/c1-13-8-7-9-14(2)19(13)22-18(24)12-23(4)15(3)20-21-16-10-5-6-11-17(16)25-20/h5-11,15H,12H2,1-4H3,(H,22,24)/p+1/t15-/m0/s1. The number of nitrogens with one attached hydrogen (secondary N) is 2. The van der Waals surface area contributed by atoms with Gasteiger partial charge in [0, 0.05) is 5.69 Å². The number of likely N-dealkylation sites (N-methyl/N-ethyl adjacent to an activating group) is 1. The molecule has 3 aromatic rings. The molecule has 5 heteroatoms. The van der Waals surface area contributed by atoms with Crippen LogP contribution in [-0.4, -0.2) is 24.5 Å². The molecule has 0 aliphatic carbocycles. The Morgan fingerprint density at radius 3 is 2.52 bits per heavy atom. The second-order valence-corrected chi connectivity index (χ2v) is 7.64. The predicted octanol–water partition coefficient (Wildman–Crippen LogP) is 3.13. The van der Waals surface area contributed by atoms with Gasteiger partial charge in [0.2, 0.25) is 0 Å². The number of amides is 1. The van der Waals surface area contributed by atoms with E-state index >= 15 is 0 Å². The number of aromatic nitrogens is 1. The molecule has 0 radical (unpaired) electrons. The molecular formula is C20H24N3OS+. The number of carbonyl (C=O) groups is 1. The SMILES string of the molecule is Cc1cccc(C)c1NC(=O)C[NH+](C)[C@@H](C)c1nc2ccccc2s1. The minimum Gasteiger partial charge on any atom is -0.322 e. The Morgan fingerprint density at radius 2 is 1.84 bits per heavy atom. The lowest BCUT2D eigenvalue weighted by molar-refractivity contribution is -0.902. The van der Waals surface area contributed by atoms with Crippen LogP contribution in [0, 0.1) is 13.8 Å². The molecule has 1 unspecified atom stereocenters. The molecule has 2 atom stereocenters. The summed E-state index contributed by atoms with van der Waals surface area (Å²) in [5, 5.41) is 4.13. The van der Waals surface area contributed by atoms with E-state index in [1.54, 1.807) is 11.3 Å². The largest absolute Gasteiger partial charge is 0.322 e. The maximum absolute atomic E-state index is 12.5. The Hall–Kier alpha value is -2.24. The smallest absolute Gasteiger partial charge is 0.279 e. The minimum atomic E-state index is 0.0304. The van der Waals surface area contributed by atoms with Gasteiger partial charge in [-0.15, -0.1) is 11.3 Å². The van der Waals surface area contributed by atoms with Crippen molar-refractivity contribution < 1.29 is 9.69 Å². The lowest BCUT2D eigenvalue weighted by Gasteiger charge is -2.20. The van der Waals surface area contributed by atoms with Crippen LogP contribution >= 0.6 is 11.3 Å². The summed E-state index contributed by atoms with van der Waals surface area (Å²) >= 11 is 1.71. The summed E-state index contributed by atoms with van der Waals surface area (Å²) in [5.74, 6) is 0.0304. The number of thiazole rings is 1. The van der Waals surface area contributed by atoms with Gasteiger partial charge in [0.25, 0.3) is 5.91 Å². The van der Waals surface area contributed by atoms with Gasteiger partial charge in [0.05, 0.1) is 17.3 Å². The maximum atomic E-state index is 12.5. The second kappa shape index (κ2) is 7.33. The fraction of sp³-hybridized carbons (Fsp3) is 0.300. The second-order valence-electron chi connectivity index (χ2n) is 6.58.